The summed E-state index contributed by atoms with van der Waals surface area (Å²) in [5.74, 6) is 1.24. The molecule has 0 saturated carbocycles. The molecule has 4 heteroatoms. The highest BCUT2D eigenvalue weighted by atomic mass is 16.2. The maximum Gasteiger partial charge on any atom is 0.242 e. The van der Waals surface area contributed by atoms with Crippen molar-refractivity contribution in [1.29, 1.82) is 0 Å². The van der Waals surface area contributed by atoms with E-state index in [0.29, 0.717) is 17.4 Å². The van der Waals surface area contributed by atoms with Gasteiger partial charge in [0.1, 0.15) is 6.54 Å². The number of benzene rings is 1. The van der Waals surface area contributed by atoms with E-state index in [1.807, 2.05) is 52.8 Å². The molecule has 1 aliphatic rings. The molecule has 0 N–H and O–H groups in total. The summed E-state index contributed by atoms with van der Waals surface area (Å²) in [5, 5.41) is 0. The third-order valence-corrected chi connectivity index (χ3v) is 5.33. The van der Waals surface area contributed by atoms with Gasteiger partial charge in [-0.3, -0.25) is 9.59 Å². The van der Waals surface area contributed by atoms with Crippen molar-refractivity contribution in [1.82, 2.24) is 9.47 Å². The van der Waals surface area contributed by atoms with Crippen molar-refractivity contribution in [3.05, 3.63) is 47.7 Å². The van der Waals surface area contributed by atoms with Gasteiger partial charge in [0.15, 0.2) is 5.78 Å². The molecule has 1 amide bonds. The van der Waals surface area contributed by atoms with Gasteiger partial charge in [0.05, 0.1) is 0 Å². The topological polar surface area (TPSA) is 42.3 Å². The van der Waals surface area contributed by atoms with Crippen LogP contribution in [0.3, 0.4) is 0 Å². The van der Waals surface area contributed by atoms with Crippen LogP contribution in [0.25, 0.3) is 11.3 Å². The van der Waals surface area contributed by atoms with E-state index in [1.165, 1.54) is 6.42 Å². The Morgan fingerprint density at radius 2 is 1.69 bits per heavy atom. The third kappa shape index (κ3) is 3.74. The summed E-state index contributed by atoms with van der Waals surface area (Å²) < 4.78 is 2.00. The van der Waals surface area contributed by atoms with E-state index >= 15 is 0 Å². The predicted molar refractivity (Wildman–Crippen MR) is 104 cm³/mol. The van der Waals surface area contributed by atoms with Crippen LogP contribution < -0.4 is 0 Å². The Kier molecular flexibility index (Phi) is 5.30. The highest BCUT2D eigenvalue weighted by Gasteiger charge is 2.27. The average Bonchev–Trinajstić information content (AvgIpc) is 2.92. The van der Waals surface area contributed by atoms with E-state index in [2.05, 4.69) is 13.8 Å². The van der Waals surface area contributed by atoms with Gasteiger partial charge in [0, 0.05) is 30.0 Å². The van der Waals surface area contributed by atoms with Crippen LogP contribution in [0.5, 0.6) is 0 Å². The number of hydrogen-bond donors (Lipinski definition) is 0. The molecule has 0 bridgehead atoms. The average molecular weight is 352 g/mol. The minimum atomic E-state index is 0.0334. The minimum absolute atomic E-state index is 0.0334. The van der Waals surface area contributed by atoms with Crippen LogP contribution in [-0.2, 0) is 11.3 Å². The van der Waals surface area contributed by atoms with Gasteiger partial charge in [-0.05, 0) is 43.7 Å². The van der Waals surface area contributed by atoms with Crippen LogP contribution in [-0.4, -0.2) is 34.2 Å². The van der Waals surface area contributed by atoms with E-state index in [0.717, 1.165) is 30.0 Å². The number of ketones is 1. The summed E-state index contributed by atoms with van der Waals surface area (Å²) in [5.41, 5.74) is 3.51. The van der Waals surface area contributed by atoms with Gasteiger partial charge in [-0.2, -0.15) is 0 Å². The van der Waals surface area contributed by atoms with Gasteiger partial charge < -0.3 is 9.47 Å². The summed E-state index contributed by atoms with van der Waals surface area (Å²) in [6.07, 6.45) is 1.18. The molecule has 1 aliphatic heterocycles. The van der Waals surface area contributed by atoms with E-state index < -0.39 is 0 Å². The Labute approximate surface area is 155 Å². The zero-order valence-electron chi connectivity index (χ0n) is 16.2. The Hall–Kier alpha value is -2.36. The zero-order valence-corrected chi connectivity index (χ0v) is 16.2. The van der Waals surface area contributed by atoms with E-state index in [-0.39, 0.29) is 18.2 Å². The maximum atomic E-state index is 13.0. The number of carbonyl (C=O) groups excluding carboxylic acids is 2. The smallest absolute Gasteiger partial charge is 0.242 e. The van der Waals surface area contributed by atoms with Crippen LogP contribution in [0.15, 0.2) is 36.4 Å². The molecule has 3 rings (SSSR count). The van der Waals surface area contributed by atoms with Gasteiger partial charge in [-0.1, -0.05) is 44.2 Å². The van der Waals surface area contributed by atoms with Crippen molar-refractivity contribution in [2.24, 2.45) is 11.8 Å². The minimum Gasteiger partial charge on any atom is -0.341 e. The van der Waals surface area contributed by atoms with Crippen LogP contribution in [0.1, 0.15) is 43.2 Å². The van der Waals surface area contributed by atoms with Crippen molar-refractivity contribution in [3.8, 4) is 11.3 Å². The molecule has 26 heavy (non-hydrogen) atoms. The highest BCUT2D eigenvalue weighted by Crippen LogP contribution is 2.27. The van der Waals surface area contributed by atoms with Crippen molar-refractivity contribution in [3.63, 3.8) is 0 Å². The van der Waals surface area contributed by atoms with Crippen LogP contribution >= 0.6 is 0 Å². The first-order valence-electron chi connectivity index (χ1n) is 9.41. The second-order valence-electron chi connectivity index (χ2n) is 7.78. The van der Waals surface area contributed by atoms with E-state index in [1.54, 1.807) is 6.92 Å². The zero-order chi connectivity index (χ0) is 18.8. The lowest BCUT2D eigenvalue weighted by molar-refractivity contribution is -0.134. The lowest BCUT2D eigenvalue weighted by Gasteiger charge is -2.35. The Bertz CT molecular complexity index is 797. The number of likely N-dealkylation sites (tertiary alicyclic amines) is 1. The highest BCUT2D eigenvalue weighted by molar-refractivity contribution is 5.97. The molecular formula is C22H28N2O2. The van der Waals surface area contributed by atoms with Gasteiger partial charge >= 0.3 is 0 Å². The fourth-order valence-corrected chi connectivity index (χ4v) is 4.16. The summed E-state index contributed by atoms with van der Waals surface area (Å²) in [7, 11) is 0. The number of carbonyl (C=O) groups is 2. The molecular weight excluding hydrogens is 324 g/mol. The fourth-order valence-electron chi connectivity index (χ4n) is 4.16. The lowest BCUT2D eigenvalue weighted by Crippen LogP contribution is -2.44. The number of amides is 1. The molecule has 2 aromatic rings. The van der Waals surface area contributed by atoms with E-state index in [4.69, 9.17) is 0 Å². The molecule has 2 atom stereocenters. The first kappa shape index (κ1) is 18.4. The first-order valence-corrected chi connectivity index (χ1v) is 9.41. The quantitative estimate of drug-likeness (QED) is 0.775. The molecule has 138 valence electrons. The summed E-state index contributed by atoms with van der Waals surface area (Å²) in [6, 6.07) is 11.9. The molecule has 1 fully saturated rings. The molecule has 1 aromatic carbocycles. The number of rotatable bonds is 4. The molecule has 0 unspecified atom stereocenters. The second-order valence-corrected chi connectivity index (χ2v) is 7.78. The van der Waals surface area contributed by atoms with Gasteiger partial charge in [0.25, 0.3) is 0 Å². The maximum absolute atomic E-state index is 13.0. The second kappa shape index (κ2) is 7.48. The largest absolute Gasteiger partial charge is 0.341 e. The molecule has 0 radical (unpaired) electrons. The summed E-state index contributed by atoms with van der Waals surface area (Å²) in [6.45, 7) is 9.85. The normalized spacial score (nSPS) is 20.2. The molecule has 1 aromatic heterocycles. The van der Waals surface area contributed by atoms with Crippen molar-refractivity contribution in [2.45, 2.75) is 40.7 Å². The number of aromatic nitrogens is 1. The summed E-state index contributed by atoms with van der Waals surface area (Å²) in [4.78, 5) is 27.0. The number of Topliss-reactive ketones (excluding diaryl/α,β-unsaturated/α-hetero) is 1. The molecule has 0 spiro atoms. The monoisotopic (exact) mass is 352 g/mol. The van der Waals surface area contributed by atoms with Crippen LogP contribution in [0, 0.1) is 18.8 Å². The van der Waals surface area contributed by atoms with Crippen molar-refractivity contribution in [2.75, 3.05) is 13.1 Å². The van der Waals surface area contributed by atoms with Gasteiger partial charge in [-0.15, -0.1) is 0 Å². The van der Waals surface area contributed by atoms with Gasteiger partial charge in [0.2, 0.25) is 5.91 Å². The number of nitrogens with zero attached hydrogens (tertiary/aromatic N) is 2. The standard InChI is InChI=1S/C22H28N2O2/c1-15-10-16(2)13-23(12-15)22(26)14-24-17(3)20(18(4)25)11-21(24)19-8-6-5-7-9-19/h5-9,11,15-16H,10,12-14H2,1-4H3/t15-,16-/m0/s1. The summed E-state index contributed by atoms with van der Waals surface area (Å²) >= 11 is 0. The Morgan fingerprint density at radius 1 is 1.08 bits per heavy atom. The van der Waals surface area contributed by atoms with E-state index in [9.17, 15) is 9.59 Å². The molecule has 1 saturated heterocycles. The SMILES string of the molecule is CC(=O)c1cc(-c2ccccc2)n(CC(=O)N2C[C@@H](C)C[C@H](C)C2)c1C. The molecule has 0 aliphatic carbocycles. The van der Waals surface area contributed by atoms with Crippen molar-refractivity contribution < 1.29 is 9.59 Å². The number of hydrogen-bond acceptors (Lipinski definition) is 2. The number of piperidine rings is 1. The Morgan fingerprint density at radius 3 is 2.27 bits per heavy atom. The van der Waals surface area contributed by atoms with Crippen molar-refractivity contribution >= 4 is 11.7 Å². The first-order chi connectivity index (χ1) is 12.4. The Balaban J connectivity index is 1.93. The van der Waals surface area contributed by atoms with Crippen LogP contribution in [0.4, 0.5) is 0 Å². The third-order valence-electron chi connectivity index (χ3n) is 5.33. The molecule has 2 heterocycles. The fraction of sp³-hybridized carbons (Fsp3) is 0.455. The van der Waals surface area contributed by atoms with Gasteiger partial charge in [-0.25, -0.2) is 0 Å². The predicted octanol–water partition coefficient (Wildman–Crippen LogP) is 4.17. The molecule has 4 nitrogen and oxygen atoms in total. The van der Waals surface area contributed by atoms with Crippen LogP contribution in [0.2, 0.25) is 0 Å². The lowest BCUT2D eigenvalue weighted by atomic mass is 9.92.